The lowest BCUT2D eigenvalue weighted by molar-refractivity contribution is -0.146. The minimum atomic E-state index is -0.371. The van der Waals surface area contributed by atoms with Crippen LogP contribution in [0, 0.1) is 0 Å². The van der Waals surface area contributed by atoms with Gasteiger partial charge in [0.15, 0.2) is 0 Å². The predicted molar refractivity (Wildman–Crippen MR) is 110 cm³/mol. The molecule has 1 atom stereocenters. The average Bonchev–Trinajstić information content (AvgIpc) is 3.46. The van der Waals surface area contributed by atoms with E-state index in [9.17, 15) is 4.79 Å². The van der Waals surface area contributed by atoms with Crippen LogP contribution in [0.15, 0.2) is 23.6 Å². The van der Waals surface area contributed by atoms with Crippen LogP contribution in [0.4, 0.5) is 0 Å². The largest absolute Gasteiger partial charge is 0.492 e. The van der Waals surface area contributed by atoms with Crippen molar-refractivity contribution >= 4 is 27.3 Å². The van der Waals surface area contributed by atoms with Crippen molar-refractivity contribution in [3.05, 3.63) is 29.1 Å². The first kappa shape index (κ1) is 19.6. The van der Waals surface area contributed by atoms with E-state index in [2.05, 4.69) is 28.9 Å². The number of carbonyl (C=O) groups excluding carboxylic acids is 1. The van der Waals surface area contributed by atoms with Crippen LogP contribution >= 0.6 is 11.3 Å². The van der Waals surface area contributed by atoms with Gasteiger partial charge in [0.05, 0.1) is 17.9 Å². The van der Waals surface area contributed by atoms with E-state index in [0.717, 1.165) is 41.8 Å². The second kappa shape index (κ2) is 9.22. The summed E-state index contributed by atoms with van der Waals surface area (Å²) in [6, 6.07) is 6.72. The third-order valence-electron chi connectivity index (χ3n) is 5.15. The van der Waals surface area contributed by atoms with Crippen molar-refractivity contribution in [2.75, 3.05) is 40.0 Å². The summed E-state index contributed by atoms with van der Waals surface area (Å²) in [5.41, 5.74) is 1.11. The van der Waals surface area contributed by atoms with Crippen LogP contribution in [0.1, 0.15) is 24.8 Å². The Bertz CT molecular complexity index is 799. The molecule has 2 heterocycles. The van der Waals surface area contributed by atoms with E-state index in [1.54, 1.807) is 18.4 Å². The number of hydrogen-bond donors (Lipinski definition) is 1. The Hall–Kier alpha value is -1.67. The topological polar surface area (TPSA) is 60.0 Å². The summed E-state index contributed by atoms with van der Waals surface area (Å²) < 4.78 is 18.0. The van der Waals surface area contributed by atoms with Crippen molar-refractivity contribution in [3.63, 3.8) is 0 Å². The van der Waals surface area contributed by atoms with Crippen LogP contribution in [-0.2, 0) is 20.8 Å². The lowest BCUT2D eigenvalue weighted by atomic mass is 10.1. The molecule has 0 radical (unpaired) electrons. The number of ether oxygens (including phenoxy) is 3. The van der Waals surface area contributed by atoms with Gasteiger partial charge in [-0.2, -0.15) is 0 Å². The Labute approximate surface area is 169 Å². The van der Waals surface area contributed by atoms with Crippen molar-refractivity contribution in [2.45, 2.75) is 38.0 Å². The van der Waals surface area contributed by atoms with Crippen molar-refractivity contribution in [1.29, 1.82) is 0 Å². The Balaban J connectivity index is 1.51. The molecule has 1 aromatic carbocycles. The fraction of sp³-hybridized carbons (Fsp3) is 0.571. The van der Waals surface area contributed by atoms with E-state index >= 15 is 0 Å². The fourth-order valence-corrected chi connectivity index (χ4v) is 4.42. The molecule has 2 aromatic rings. The number of thiophene rings is 1. The highest BCUT2D eigenvalue weighted by Gasteiger charge is 2.36. The predicted octanol–water partition coefficient (Wildman–Crippen LogP) is 2.80. The molecule has 4 rings (SSSR count). The van der Waals surface area contributed by atoms with Crippen molar-refractivity contribution < 1.29 is 19.0 Å². The molecule has 1 aliphatic heterocycles. The summed E-state index contributed by atoms with van der Waals surface area (Å²) in [5, 5.41) is 6.51. The van der Waals surface area contributed by atoms with Gasteiger partial charge in [0, 0.05) is 45.8 Å². The third-order valence-corrected chi connectivity index (χ3v) is 6.10. The maximum absolute atomic E-state index is 13.0. The molecule has 7 heteroatoms. The van der Waals surface area contributed by atoms with Gasteiger partial charge in [-0.15, -0.1) is 11.3 Å². The second-order valence-corrected chi connectivity index (χ2v) is 8.30. The van der Waals surface area contributed by atoms with E-state index in [0.29, 0.717) is 39.0 Å². The fourth-order valence-electron chi connectivity index (χ4n) is 3.57. The highest BCUT2D eigenvalue weighted by Crippen LogP contribution is 2.35. The molecule has 1 N–H and O–H groups in total. The number of morpholine rings is 1. The van der Waals surface area contributed by atoms with Crippen LogP contribution in [0.25, 0.3) is 10.1 Å². The Morgan fingerprint density at radius 2 is 2.25 bits per heavy atom. The second-order valence-electron chi connectivity index (χ2n) is 7.39. The summed E-state index contributed by atoms with van der Waals surface area (Å²) in [6.07, 6.45) is 2.63. The van der Waals surface area contributed by atoms with Gasteiger partial charge >= 0.3 is 0 Å². The number of fused-ring (bicyclic) bond motifs is 1. The van der Waals surface area contributed by atoms with Crippen molar-refractivity contribution in [1.82, 2.24) is 10.2 Å². The number of amides is 1. The van der Waals surface area contributed by atoms with Gasteiger partial charge < -0.3 is 24.4 Å². The number of nitrogens with zero attached hydrogens (tertiary/aromatic N) is 1. The SMILES string of the molecule is COCCCOc1cc(CN(C(=O)[C@H]2CNCCO2)C2CC2)cc2ccsc12. The van der Waals surface area contributed by atoms with Gasteiger partial charge in [-0.25, -0.2) is 0 Å². The average molecular weight is 405 g/mol. The molecule has 0 unspecified atom stereocenters. The van der Waals surface area contributed by atoms with E-state index in [4.69, 9.17) is 14.2 Å². The quantitative estimate of drug-likeness (QED) is 0.652. The molecule has 6 nitrogen and oxygen atoms in total. The highest BCUT2D eigenvalue weighted by atomic mass is 32.1. The summed E-state index contributed by atoms with van der Waals surface area (Å²) in [5.74, 6) is 1.00. The molecule has 1 saturated heterocycles. The molecule has 0 bridgehead atoms. The first-order valence-corrected chi connectivity index (χ1v) is 10.9. The zero-order valence-corrected chi connectivity index (χ0v) is 17.1. The zero-order valence-electron chi connectivity index (χ0n) is 16.3. The van der Waals surface area contributed by atoms with Crippen LogP contribution in [0.3, 0.4) is 0 Å². The highest BCUT2D eigenvalue weighted by molar-refractivity contribution is 7.17. The summed E-state index contributed by atoms with van der Waals surface area (Å²) in [7, 11) is 1.70. The van der Waals surface area contributed by atoms with Gasteiger partial charge in [0.2, 0.25) is 0 Å². The number of methoxy groups -OCH3 is 1. The molecule has 28 heavy (non-hydrogen) atoms. The number of hydrogen-bond acceptors (Lipinski definition) is 6. The first-order chi connectivity index (χ1) is 13.8. The zero-order chi connectivity index (χ0) is 19.3. The molecule has 1 amide bonds. The third kappa shape index (κ3) is 4.66. The Kier molecular flexibility index (Phi) is 6.47. The normalized spacial score (nSPS) is 19.7. The van der Waals surface area contributed by atoms with Gasteiger partial charge in [-0.1, -0.05) is 0 Å². The smallest absolute Gasteiger partial charge is 0.253 e. The number of rotatable bonds is 9. The maximum Gasteiger partial charge on any atom is 0.253 e. The Morgan fingerprint density at radius 3 is 3.00 bits per heavy atom. The maximum atomic E-state index is 13.0. The van der Waals surface area contributed by atoms with E-state index in [-0.39, 0.29) is 12.0 Å². The van der Waals surface area contributed by atoms with Gasteiger partial charge in [0.1, 0.15) is 11.9 Å². The Morgan fingerprint density at radius 1 is 1.36 bits per heavy atom. The van der Waals surface area contributed by atoms with Crippen molar-refractivity contribution in [3.8, 4) is 5.75 Å². The minimum absolute atomic E-state index is 0.0997. The van der Waals surface area contributed by atoms with Crippen LogP contribution < -0.4 is 10.1 Å². The lowest BCUT2D eigenvalue weighted by Gasteiger charge is -2.30. The number of carbonyl (C=O) groups is 1. The number of benzene rings is 1. The molecule has 2 aliphatic rings. The summed E-state index contributed by atoms with van der Waals surface area (Å²) in [4.78, 5) is 15.0. The summed E-state index contributed by atoms with van der Waals surface area (Å²) >= 11 is 1.69. The lowest BCUT2D eigenvalue weighted by Crippen LogP contribution is -2.49. The van der Waals surface area contributed by atoms with Crippen molar-refractivity contribution in [2.24, 2.45) is 0 Å². The molecular weight excluding hydrogens is 376 g/mol. The molecule has 1 saturated carbocycles. The molecule has 2 fully saturated rings. The first-order valence-electron chi connectivity index (χ1n) is 10.0. The van der Waals surface area contributed by atoms with E-state index in [1.807, 2.05) is 4.90 Å². The van der Waals surface area contributed by atoms with E-state index < -0.39 is 0 Å². The number of nitrogens with one attached hydrogen (secondary N) is 1. The molecule has 152 valence electrons. The van der Waals surface area contributed by atoms with Crippen LogP contribution in [0.2, 0.25) is 0 Å². The molecule has 1 aromatic heterocycles. The van der Waals surface area contributed by atoms with Crippen LogP contribution in [-0.4, -0.2) is 63.0 Å². The minimum Gasteiger partial charge on any atom is -0.492 e. The monoisotopic (exact) mass is 404 g/mol. The van der Waals surface area contributed by atoms with Gasteiger partial charge in [-0.3, -0.25) is 4.79 Å². The van der Waals surface area contributed by atoms with Gasteiger partial charge in [0.25, 0.3) is 5.91 Å². The molecule has 1 aliphatic carbocycles. The van der Waals surface area contributed by atoms with E-state index in [1.165, 1.54) is 5.39 Å². The molecule has 0 spiro atoms. The summed E-state index contributed by atoms with van der Waals surface area (Å²) in [6.45, 7) is 3.91. The standard InChI is InChI=1S/C21H28N2O4S/c1-25-7-2-8-26-18-12-15(11-16-5-10-28-20(16)18)14-23(17-3-4-17)21(24)19-13-22-6-9-27-19/h5,10-12,17,19,22H,2-4,6-9,13-14H2,1H3/t19-/m1/s1. The molecular formula is C21H28N2O4S. The van der Waals surface area contributed by atoms with Crippen LogP contribution in [0.5, 0.6) is 5.75 Å². The van der Waals surface area contributed by atoms with Gasteiger partial charge in [-0.05, 0) is 47.4 Å².